The summed E-state index contributed by atoms with van der Waals surface area (Å²) in [5.74, 6) is 1.01. The molecule has 4 heterocycles. The van der Waals surface area contributed by atoms with Crippen LogP contribution in [0.15, 0.2) is 64.7 Å². The summed E-state index contributed by atoms with van der Waals surface area (Å²) in [4.78, 5) is 36.4. The molecule has 0 aliphatic carbocycles. The summed E-state index contributed by atoms with van der Waals surface area (Å²) in [6.07, 6.45) is 7.29. The molecule has 0 spiro atoms. The summed E-state index contributed by atoms with van der Waals surface area (Å²) in [7, 11) is 1.76. The number of aromatic amines is 1. The lowest BCUT2D eigenvalue weighted by atomic mass is 10.0. The monoisotopic (exact) mass is 455 g/mol. The molecule has 1 aliphatic heterocycles. The SMILES string of the molecule is C/C=C\C(=NC)c1ccc2[nH]c(=O)c3c(Nc4ccncc4)nc(N4CCOCC4)nc3c2c1. The van der Waals surface area contributed by atoms with Crippen LogP contribution in [0.5, 0.6) is 0 Å². The fourth-order valence-corrected chi connectivity index (χ4v) is 4.08. The molecule has 9 heteroatoms. The molecule has 0 atom stereocenters. The standard InChI is InChI=1S/C25H25N7O2/c1-3-4-19(26-2)16-5-6-20-18(15-16)22-21(24(33)29-20)23(28-17-7-9-27-10-8-17)31-25(30-22)32-11-13-34-14-12-32/h3-10,15H,11-14H2,1-2H3,(H,29,33)(H,27,28,30,31)/b4-3-,26-19?. The van der Waals surface area contributed by atoms with E-state index in [0.29, 0.717) is 54.5 Å². The maximum Gasteiger partial charge on any atom is 0.261 e. The van der Waals surface area contributed by atoms with Crippen molar-refractivity contribution in [3.8, 4) is 0 Å². The van der Waals surface area contributed by atoms with E-state index in [9.17, 15) is 4.79 Å². The van der Waals surface area contributed by atoms with Crippen LogP contribution in [0.3, 0.4) is 0 Å². The molecule has 0 radical (unpaired) electrons. The van der Waals surface area contributed by atoms with Gasteiger partial charge in [-0.2, -0.15) is 4.98 Å². The molecule has 0 amide bonds. The van der Waals surface area contributed by atoms with Gasteiger partial charge >= 0.3 is 0 Å². The van der Waals surface area contributed by atoms with E-state index >= 15 is 0 Å². The number of H-pyrrole nitrogens is 1. The Labute approximate surface area is 196 Å². The first-order valence-electron chi connectivity index (χ1n) is 11.2. The summed E-state index contributed by atoms with van der Waals surface area (Å²) in [5, 5.41) is 4.53. The van der Waals surface area contributed by atoms with Crippen molar-refractivity contribution in [2.45, 2.75) is 6.92 Å². The molecule has 0 saturated carbocycles. The number of allylic oxidation sites excluding steroid dienone is 2. The molecule has 34 heavy (non-hydrogen) atoms. The van der Waals surface area contributed by atoms with Gasteiger partial charge in [-0.3, -0.25) is 14.8 Å². The number of hydrogen-bond acceptors (Lipinski definition) is 8. The summed E-state index contributed by atoms with van der Waals surface area (Å²) >= 11 is 0. The maximum atomic E-state index is 13.2. The lowest BCUT2D eigenvalue weighted by molar-refractivity contribution is 0.122. The first-order chi connectivity index (χ1) is 16.7. The quantitative estimate of drug-likeness (QED) is 0.350. The van der Waals surface area contributed by atoms with Gasteiger partial charge in [-0.1, -0.05) is 12.1 Å². The zero-order valence-electron chi connectivity index (χ0n) is 19.1. The third-order valence-corrected chi connectivity index (χ3v) is 5.75. The van der Waals surface area contributed by atoms with E-state index in [2.05, 4.69) is 25.2 Å². The zero-order valence-corrected chi connectivity index (χ0v) is 19.1. The van der Waals surface area contributed by atoms with E-state index < -0.39 is 0 Å². The van der Waals surface area contributed by atoms with Crippen molar-refractivity contribution in [2.75, 3.05) is 43.6 Å². The van der Waals surface area contributed by atoms with Crippen molar-refractivity contribution in [3.63, 3.8) is 0 Å². The van der Waals surface area contributed by atoms with Gasteiger partial charge in [0.25, 0.3) is 5.56 Å². The Balaban J connectivity index is 1.78. The van der Waals surface area contributed by atoms with E-state index in [4.69, 9.17) is 14.7 Å². The molecule has 172 valence electrons. The molecule has 2 N–H and O–H groups in total. The van der Waals surface area contributed by atoms with Gasteiger partial charge in [0.15, 0.2) is 0 Å². The Hall–Kier alpha value is -4.11. The predicted molar refractivity (Wildman–Crippen MR) is 135 cm³/mol. The third-order valence-electron chi connectivity index (χ3n) is 5.75. The number of anilines is 3. The van der Waals surface area contributed by atoms with Crippen LogP contribution >= 0.6 is 0 Å². The highest BCUT2D eigenvalue weighted by Gasteiger charge is 2.20. The number of aliphatic imine (C=N–C) groups is 1. The summed E-state index contributed by atoms with van der Waals surface area (Å²) in [5.41, 5.74) is 3.61. The average molecular weight is 456 g/mol. The van der Waals surface area contributed by atoms with Gasteiger partial charge in [-0.05, 0) is 37.3 Å². The number of pyridine rings is 2. The topological polar surface area (TPSA) is 108 Å². The van der Waals surface area contributed by atoms with Crippen LogP contribution in [0.25, 0.3) is 21.8 Å². The number of nitrogens with one attached hydrogen (secondary N) is 2. The molecule has 1 aliphatic rings. The van der Waals surface area contributed by atoms with Crippen molar-refractivity contribution in [2.24, 2.45) is 4.99 Å². The van der Waals surface area contributed by atoms with Gasteiger partial charge in [-0.15, -0.1) is 0 Å². The molecule has 1 fully saturated rings. The van der Waals surface area contributed by atoms with Gasteiger partial charge in [0.1, 0.15) is 11.2 Å². The first-order valence-corrected chi connectivity index (χ1v) is 11.2. The number of ether oxygens (including phenoxy) is 1. The van der Waals surface area contributed by atoms with Gasteiger partial charge in [0.05, 0.1) is 30.0 Å². The normalized spacial score (nSPS) is 14.9. The number of aromatic nitrogens is 4. The lowest BCUT2D eigenvalue weighted by Crippen LogP contribution is -2.37. The molecule has 0 bridgehead atoms. The zero-order chi connectivity index (χ0) is 23.5. The second-order valence-electron chi connectivity index (χ2n) is 7.88. The maximum absolute atomic E-state index is 13.2. The Bertz CT molecular complexity index is 1460. The van der Waals surface area contributed by atoms with E-state index in [-0.39, 0.29) is 5.56 Å². The molecule has 1 saturated heterocycles. The number of rotatable bonds is 5. The second kappa shape index (κ2) is 9.40. The minimum atomic E-state index is -0.252. The molecular weight excluding hydrogens is 430 g/mol. The van der Waals surface area contributed by atoms with Crippen molar-refractivity contribution in [1.29, 1.82) is 0 Å². The average Bonchev–Trinajstić information content (AvgIpc) is 2.88. The number of nitrogens with zero attached hydrogens (tertiary/aromatic N) is 5. The molecule has 5 rings (SSSR count). The van der Waals surface area contributed by atoms with Gasteiger partial charge < -0.3 is 19.9 Å². The Morgan fingerprint density at radius 1 is 1.18 bits per heavy atom. The highest BCUT2D eigenvalue weighted by molar-refractivity contribution is 6.13. The number of fused-ring (bicyclic) bond motifs is 3. The van der Waals surface area contributed by atoms with E-state index in [1.165, 1.54) is 0 Å². The van der Waals surface area contributed by atoms with Crippen molar-refractivity contribution < 1.29 is 4.74 Å². The fraction of sp³-hybridized carbons (Fsp3) is 0.240. The van der Waals surface area contributed by atoms with Gasteiger partial charge in [0, 0.05) is 49.2 Å². The molecule has 3 aromatic heterocycles. The minimum Gasteiger partial charge on any atom is -0.378 e. The van der Waals surface area contributed by atoms with Crippen LogP contribution in [0.1, 0.15) is 12.5 Å². The van der Waals surface area contributed by atoms with Gasteiger partial charge in [-0.25, -0.2) is 4.98 Å². The van der Waals surface area contributed by atoms with Crippen molar-refractivity contribution in [3.05, 3.63) is 70.8 Å². The van der Waals surface area contributed by atoms with E-state index in [1.54, 1.807) is 19.4 Å². The highest BCUT2D eigenvalue weighted by Crippen LogP contribution is 2.29. The Morgan fingerprint density at radius 2 is 1.97 bits per heavy atom. The molecule has 4 aromatic rings. The Kier molecular flexibility index (Phi) is 6.01. The smallest absolute Gasteiger partial charge is 0.261 e. The van der Waals surface area contributed by atoms with Crippen LogP contribution in [0.4, 0.5) is 17.5 Å². The summed E-state index contributed by atoms with van der Waals surface area (Å²) in [6.45, 7) is 4.53. The van der Waals surface area contributed by atoms with E-state index in [1.807, 2.05) is 49.4 Å². The lowest BCUT2D eigenvalue weighted by Gasteiger charge is -2.27. The minimum absolute atomic E-state index is 0.252. The highest BCUT2D eigenvalue weighted by atomic mass is 16.5. The van der Waals surface area contributed by atoms with Gasteiger partial charge in [0.2, 0.25) is 5.95 Å². The Morgan fingerprint density at radius 3 is 2.71 bits per heavy atom. The van der Waals surface area contributed by atoms with Crippen LogP contribution in [-0.4, -0.2) is 59.0 Å². The van der Waals surface area contributed by atoms with E-state index in [0.717, 1.165) is 22.3 Å². The van der Waals surface area contributed by atoms with Crippen LogP contribution in [-0.2, 0) is 4.74 Å². The van der Waals surface area contributed by atoms with Crippen LogP contribution < -0.4 is 15.8 Å². The fourth-order valence-electron chi connectivity index (χ4n) is 4.08. The third kappa shape index (κ3) is 4.13. The molecule has 9 nitrogen and oxygen atoms in total. The van der Waals surface area contributed by atoms with Crippen molar-refractivity contribution >= 4 is 45.0 Å². The summed E-state index contributed by atoms with van der Waals surface area (Å²) in [6, 6.07) is 9.52. The molecule has 0 unspecified atom stereocenters. The first kappa shape index (κ1) is 21.7. The number of morpholine rings is 1. The predicted octanol–water partition coefficient (Wildman–Crippen LogP) is 3.44. The number of hydrogen-bond donors (Lipinski definition) is 2. The second-order valence-corrected chi connectivity index (χ2v) is 7.88. The van der Waals surface area contributed by atoms with Crippen LogP contribution in [0, 0.1) is 0 Å². The molecule has 1 aromatic carbocycles. The van der Waals surface area contributed by atoms with Crippen molar-refractivity contribution in [1.82, 2.24) is 19.9 Å². The molecular formula is C25H25N7O2. The largest absolute Gasteiger partial charge is 0.378 e. The number of benzene rings is 1. The summed E-state index contributed by atoms with van der Waals surface area (Å²) < 4.78 is 5.51. The van der Waals surface area contributed by atoms with Crippen LogP contribution in [0.2, 0.25) is 0 Å².